The van der Waals surface area contributed by atoms with E-state index in [1.165, 1.54) is 17.8 Å². The molecular formula is C19H17N5O3S. The summed E-state index contributed by atoms with van der Waals surface area (Å²) in [5, 5.41) is 23.8. The number of hydrogen-bond acceptors (Lipinski definition) is 8. The van der Waals surface area contributed by atoms with E-state index in [2.05, 4.69) is 27.4 Å². The highest BCUT2D eigenvalue weighted by Gasteiger charge is 2.30. The highest BCUT2D eigenvalue weighted by Crippen LogP contribution is 2.40. The molecule has 8 nitrogen and oxygen atoms in total. The predicted molar refractivity (Wildman–Crippen MR) is 106 cm³/mol. The molecule has 2 heterocycles. The van der Waals surface area contributed by atoms with Crippen molar-refractivity contribution in [3.8, 4) is 17.1 Å². The van der Waals surface area contributed by atoms with Gasteiger partial charge >= 0.3 is 0 Å². The van der Waals surface area contributed by atoms with Crippen molar-refractivity contribution >= 4 is 23.1 Å². The molecule has 0 fully saturated rings. The van der Waals surface area contributed by atoms with Gasteiger partial charge in [-0.25, -0.2) is 0 Å². The first kappa shape index (κ1) is 18.2. The van der Waals surface area contributed by atoms with Crippen molar-refractivity contribution in [2.45, 2.75) is 24.7 Å². The Bertz CT molecular complexity index is 1030. The third-order valence-corrected chi connectivity index (χ3v) is 5.23. The quantitative estimate of drug-likeness (QED) is 0.384. The minimum absolute atomic E-state index is 0.0245. The molecule has 3 aromatic rings. The van der Waals surface area contributed by atoms with Gasteiger partial charge in [0.15, 0.2) is 5.69 Å². The smallest absolute Gasteiger partial charge is 0.278 e. The average molecular weight is 395 g/mol. The van der Waals surface area contributed by atoms with Crippen LogP contribution in [0.3, 0.4) is 0 Å². The van der Waals surface area contributed by atoms with Gasteiger partial charge in [-0.1, -0.05) is 49.0 Å². The Morgan fingerprint density at radius 1 is 1.18 bits per heavy atom. The molecule has 0 saturated carbocycles. The van der Waals surface area contributed by atoms with Crippen LogP contribution in [0, 0.1) is 10.1 Å². The van der Waals surface area contributed by atoms with Crippen LogP contribution in [0.2, 0.25) is 0 Å². The number of nitrogens with zero attached hydrogens (tertiary/aromatic N) is 4. The number of benzene rings is 2. The van der Waals surface area contributed by atoms with Gasteiger partial charge in [-0.3, -0.25) is 10.1 Å². The molecular weight excluding hydrogens is 378 g/mol. The summed E-state index contributed by atoms with van der Waals surface area (Å²) in [6, 6.07) is 14.0. The second-order valence-corrected chi connectivity index (χ2v) is 7.16. The fraction of sp³-hybridized carbons (Fsp3) is 0.211. The molecule has 0 saturated heterocycles. The van der Waals surface area contributed by atoms with Gasteiger partial charge in [-0.05, 0) is 18.6 Å². The number of rotatable bonds is 5. The van der Waals surface area contributed by atoms with Crippen LogP contribution >= 0.6 is 11.8 Å². The first-order valence-corrected chi connectivity index (χ1v) is 9.79. The van der Waals surface area contributed by atoms with Crippen molar-refractivity contribution in [2.24, 2.45) is 0 Å². The van der Waals surface area contributed by atoms with Crippen LogP contribution in [0.4, 0.5) is 11.4 Å². The Balaban J connectivity index is 1.83. The van der Waals surface area contributed by atoms with Gasteiger partial charge in [0.25, 0.3) is 5.69 Å². The summed E-state index contributed by atoms with van der Waals surface area (Å²) in [6.07, 6.45) is 0.194. The third kappa shape index (κ3) is 3.48. The molecule has 2 aromatic carbocycles. The van der Waals surface area contributed by atoms with E-state index in [-0.39, 0.29) is 5.69 Å². The molecule has 9 heteroatoms. The van der Waals surface area contributed by atoms with Gasteiger partial charge in [0, 0.05) is 23.1 Å². The molecule has 0 radical (unpaired) electrons. The Morgan fingerprint density at radius 2 is 1.96 bits per heavy atom. The van der Waals surface area contributed by atoms with Crippen molar-refractivity contribution in [1.29, 1.82) is 0 Å². The number of nitro groups is 1. The molecule has 0 bridgehead atoms. The number of fused-ring (bicyclic) bond motifs is 3. The van der Waals surface area contributed by atoms with Gasteiger partial charge in [0.1, 0.15) is 0 Å². The number of anilines is 1. The van der Waals surface area contributed by atoms with Crippen LogP contribution in [-0.2, 0) is 0 Å². The number of thioether (sulfide) groups is 1. The summed E-state index contributed by atoms with van der Waals surface area (Å²) < 4.78 is 6.09. The minimum atomic E-state index is -0.787. The summed E-state index contributed by atoms with van der Waals surface area (Å²) in [6.45, 7) is 2.07. The van der Waals surface area contributed by atoms with E-state index in [0.29, 0.717) is 22.3 Å². The number of hydrogen-bond donors (Lipinski definition) is 1. The zero-order chi connectivity index (χ0) is 19.5. The molecule has 0 amide bonds. The summed E-state index contributed by atoms with van der Waals surface area (Å²) in [7, 11) is 0. The number of nitro benzene ring substituents is 1. The summed E-state index contributed by atoms with van der Waals surface area (Å²) >= 11 is 1.49. The lowest BCUT2D eigenvalue weighted by Gasteiger charge is -2.19. The maximum Gasteiger partial charge on any atom is 0.278 e. The lowest BCUT2D eigenvalue weighted by molar-refractivity contribution is -0.386. The van der Waals surface area contributed by atoms with Gasteiger partial charge < -0.3 is 10.1 Å². The van der Waals surface area contributed by atoms with E-state index >= 15 is 0 Å². The zero-order valence-electron chi connectivity index (χ0n) is 15.0. The fourth-order valence-corrected chi connectivity index (χ4v) is 3.55. The highest BCUT2D eigenvalue weighted by atomic mass is 32.2. The molecule has 1 aliphatic heterocycles. The van der Waals surface area contributed by atoms with E-state index in [0.717, 1.165) is 23.4 Å². The summed E-state index contributed by atoms with van der Waals surface area (Å²) in [5.74, 6) is 1.16. The lowest BCUT2D eigenvalue weighted by Crippen LogP contribution is -2.18. The Morgan fingerprint density at radius 3 is 2.79 bits per heavy atom. The molecule has 1 N–H and O–H groups in total. The summed E-state index contributed by atoms with van der Waals surface area (Å²) in [4.78, 5) is 15.6. The zero-order valence-corrected chi connectivity index (χ0v) is 15.8. The van der Waals surface area contributed by atoms with Gasteiger partial charge in [0.2, 0.25) is 17.3 Å². The molecule has 1 atom stereocenters. The largest absolute Gasteiger partial charge is 0.447 e. The lowest BCUT2D eigenvalue weighted by atomic mass is 10.1. The van der Waals surface area contributed by atoms with Crippen molar-refractivity contribution in [2.75, 3.05) is 11.1 Å². The van der Waals surface area contributed by atoms with E-state index < -0.39 is 11.2 Å². The molecule has 0 spiro atoms. The highest BCUT2D eigenvalue weighted by molar-refractivity contribution is 7.99. The van der Waals surface area contributed by atoms with Crippen LogP contribution < -0.4 is 10.1 Å². The molecule has 1 aliphatic rings. The monoisotopic (exact) mass is 395 g/mol. The summed E-state index contributed by atoms with van der Waals surface area (Å²) in [5.41, 5.74) is 2.42. The molecule has 28 heavy (non-hydrogen) atoms. The van der Waals surface area contributed by atoms with Crippen molar-refractivity contribution < 1.29 is 9.66 Å². The van der Waals surface area contributed by atoms with E-state index in [1.54, 1.807) is 18.2 Å². The van der Waals surface area contributed by atoms with Gasteiger partial charge in [0.05, 0.1) is 10.5 Å². The van der Waals surface area contributed by atoms with Crippen LogP contribution in [-0.4, -0.2) is 25.9 Å². The third-order valence-electron chi connectivity index (χ3n) is 4.18. The second-order valence-electron chi connectivity index (χ2n) is 6.10. The molecule has 0 aliphatic carbocycles. The Labute approximate surface area is 165 Å². The number of nitrogens with one attached hydrogen (secondary N) is 1. The normalized spacial score (nSPS) is 14.8. The van der Waals surface area contributed by atoms with Gasteiger partial charge in [-0.15, -0.1) is 10.2 Å². The van der Waals surface area contributed by atoms with Crippen LogP contribution in [0.5, 0.6) is 5.88 Å². The van der Waals surface area contributed by atoms with Gasteiger partial charge in [-0.2, -0.15) is 4.98 Å². The number of aromatic nitrogens is 3. The van der Waals surface area contributed by atoms with Crippen molar-refractivity contribution in [3.05, 3.63) is 64.2 Å². The first-order valence-electron chi connectivity index (χ1n) is 8.80. The Kier molecular flexibility index (Phi) is 5.07. The second kappa shape index (κ2) is 7.81. The fourth-order valence-electron chi connectivity index (χ4n) is 2.92. The average Bonchev–Trinajstić information content (AvgIpc) is 2.88. The van der Waals surface area contributed by atoms with Crippen LogP contribution in [0.25, 0.3) is 11.3 Å². The maximum atomic E-state index is 11.5. The standard InChI is InChI=1S/C19H17N5O3S/c1-2-11-28-19-21-18-16(22-23-19)12-7-3-5-9-14(12)20-17(27-18)13-8-4-6-10-15(13)24(25)26/h3-10,17,20H,2,11H2,1H3/t17-/m0/s1. The Hall–Kier alpha value is -3.20. The predicted octanol–water partition coefficient (Wildman–Crippen LogP) is 4.45. The maximum absolute atomic E-state index is 11.5. The molecule has 4 rings (SSSR count). The molecule has 0 unspecified atom stereocenters. The van der Waals surface area contributed by atoms with Crippen LogP contribution in [0.1, 0.15) is 25.1 Å². The molecule has 142 valence electrons. The number of ether oxygens (including phenoxy) is 1. The van der Waals surface area contributed by atoms with E-state index in [4.69, 9.17) is 4.74 Å². The van der Waals surface area contributed by atoms with E-state index in [1.807, 2.05) is 24.3 Å². The number of para-hydroxylation sites is 2. The van der Waals surface area contributed by atoms with E-state index in [9.17, 15) is 10.1 Å². The topological polar surface area (TPSA) is 103 Å². The first-order chi connectivity index (χ1) is 13.7. The van der Waals surface area contributed by atoms with Crippen molar-refractivity contribution in [3.63, 3.8) is 0 Å². The SMILES string of the molecule is CCCSc1nnc2c(n1)O[C@@H](c1ccccc1[N+](=O)[O-])Nc1ccccc1-2. The molecule has 1 aromatic heterocycles. The minimum Gasteiger partial charge on any atom is -0.447 e. The van der Waals surface area contributed by atoms with Crippen LogP contribution in [0.15, 0.2) is 53.7 Å². The van der Waals surface area contributed by atoms with Crippen molar-refractivity contribution in [1.82, 2.24) is 15.2 Å².